The number of carbonyl (C=O) groups excluding carboxylic acids is 2. The maximum atomic E-state index is 14.0. The highest BCUT2D eigenvalue weighted by molar-refractivity contribution is 6.33. The van der Waals surface area contributed by atoms with E-state index in [1.807, 2.05) is 6.07 Å². The first-order valence-electron chi connectivity index (χ1n) is 13.1. The predicted octanol–water partition coefficient (Wildman–Crippen LogP) is 3.44. The van der Waals surface area contributed by atoms with Crippen molar-refractivity contribution in [3.8, 4) is 0 Å². The number of amides is 1. The zero-order valence-electron chi connectivity index (χ0n) is 21.4. The molecule has 188 valence electrons. The van der Waals surface area contributed by atoms with Crippen LogP contribution in [-0.2, 0) is 27.7 Å². The van der Waals surface area contributed by atoms with Crippen molar-refractivity contribution in [3.05, 3.63) is 63.5 Å². The molecule has 4 aliphatic rings. The van der Waals surface area contributed by atoms with Crippen LogP contribution in [0.25, 0.3) is 5.57 Å². The Morgan fingerprint density at radius 3 is 2.39 bits per heavy atom. The number of ether oxygens (including phenoxy) is 2. The molecule has 1 aromatic carbocycles. The van der Waals surface area contributed by atoms with E-state index in [-0.39, 0.29) is 17.1 Å². The summed E-state index contributed by atoms with van der Waals surface area (Å²) in [6, 6.07) is 8.09. The number of hydrogen-bond donors (Lipinski definition) is 0. The molecule has 1 amide bonds. The monoisotopic (exact) mass is 487 g/mol. The quantitative estimate of drug-likeness (QED) is 0.661. The van der Waals surface area contributed by atoms with Crippen LogP contribution in [0.1, 0.15) is 64.0 Å². The Balaban J connectivity index is 1.38. The molecule has 0 saturated carbocycles. The van der Waals surface area contributed by atoms with Gasteiger partial charge in [-0.25, -0.2) is 4.98 Å². The highest BCUT2D eigenvalue weighted by Gasteiger charge is 2.44. The van der Waals surface area contributed by atoms with Crippen LogP contribution < -0.4 is 4.90 Å². The van der Waals surface area contributed by atoms with E-state index in [0.717, 1.165) is 66.3 Å². The molecule has 7 nitrogen and oxygen atoms in total. The van der Waals surface area contributed by atoms with E-state index in [1.54, 1.807) is 11.0 Å². The topological polar surface area (TPSA) is 72.0 Å². The first-order valence-corrected chi connectivity index (χ1v) is 13.1. The average Bonchev–Trinajstić information content (AvgIpc) is 3.32. The van der Waals surface area contributed by atoms with E-state index in [0.29, 0.717) is 38.4 Å². The lowest BCUT2D eigenvalue weighted by Crippen LogP contribution is -2.41. The molecular formula is C29H33N3O4. The molecule has 2 aromatic rings. The summed E-state index contributed by atoms with van der Waals surface area (Å²) in [5.74, 6) is 0.0120. The zero-order chi connectivity index (χ0) is 25.0. The number of nitrogens with zero attached hydrogens (tertiary/aromatic N) is 3. The number of pyridine rings is 1. The van der Waals surface area contributed by atoms with Crippen LogP contribution in [0.5, 0.6) is 0 Å². The van der Waals surface area contributed by atoms with Crippen molar-refractivity contribution in [1.29, 1.82) is 0 Å². The van der Waals surface area contributed by atoms with Crippen molar-refractivity contribution in [2.45, 2.75) is 39.0 Å². The number of benzene rings is 1. The Morgan fingerprint density at radius 1 is 1.00 bits per heavy atom. The molecule has 2 fully saturated rings. The zero-order valence-corrected chi connectivity index (χ0v) is 21.4. The molecule has 0 spiro atoms. The van der Waals surface area contributed by atoms with E-state index in [2.05, 4.69) is 37.8 Å². The van der Waals surface area contributed by atoms with Gasteiger partial charge in [-0.05, 0) is 41.3 Å². The van der Waals surface area contributed by atoms with Gasteiger partial charge in [-0.1, -0.05) is 26.8 Å². The Kier molecular flexibility index (Phi) is 5.73. The fourth-order valence-electron chi connectivity index (χ4n) is 6.14. The number of aryl methyl sites for hydroxylation is 1. The summed E-state index contributed by atoms with van der Waals surface area (Å²) < 4.78 is 11.0. The molecule has 0 bridgehead atoms. The summed E-state index contributed by atoms with van der Waals surface area (Å²) in [6.45, 7) is 12.0. The van der Waals surface area contributed by atoms with Gasteiger partial charge in [0.2, 0.25) is 0 Å². The van der Waals surface area contributed by atoms with Crippen LogP contribution >= 0.6 is 0 Å². The van der Waals surface area contributed by atoms with Crippen molar-refractivity contribution >= 4 is 23.0 Å². The van der Waals surface area contributed by atoms with Crippen molar-refractivity contribution < 1.29 is 19.1 Å². The molecule has 0 unspecified atom stereocenters. The van der Waals surface area contributed by atoms with Gasteiger partial charge in [0.15, 0.2) is 5.78 Å². The molecule has 6 rings (SSSR count). The third kappa shape index (κ3) is 3.59. The van der Waals surface area contributed by atoms with Crippen LogP contribution in [-0.4, -0.2) is 74.2 Å². The first-order chi connectivity index (χ1) is 17.4. The normalized spacial score (nSPS) is 20.8. The Morgan fingerprint density at radius 2 is 1.69 bits per heavy atom. The molecule has 0 atom stereocenters. The van der Waals surface area contributed by atoms with E-state index < -0.39 is 0 Å². The van der Waals surface area contributed by atoms with E-state index in [1.165, 1.54) is 11.3 Å². The molecular weight excluding hydrogens is 454 g/mol. The molecule has 2 aliphatic carbocycles. The summed E-state index contributed by atoms with van der Waals surface area (Å²) in [5, 5.41) is 0. The number of aromatic nitrogens is 1. The smallest absolute Gasteiger partial charge is 0.272 e. The standard InChI is InChI=1S/C29H33N3O4/c1-4-18-15-20-21(17-25(18)31-7-11-35-12-8-31)29(2,3)22-16-24-19(26(22)27(20)33)5-6-23(30-24)28(34)32-9-13-36-14-10-32/h5-6,15,17H,4,7-14,16H2,1-3H3. The first kappa shape index (κ1) is 23.4. The minimum atomic E-state index is -0.318. The average molecular weight is 488 g/mol. The van der Waals surface area contributed by atoms with Gasteiger partial charge in [-0.2, -0.15) is 0 Å². The highest BCUT2D eigenvalue weighted by atomic mass is 16.5. The summed E-state index contributed by atoms with van der Waals surface area (Å²) in [4.78, 5) is 36.0. The fraction of sp³-hybridized carbons (Fsp3) is 0.483. The maximum Gasteiger partial charge on any atom is 0.272 e. The molecule has 7 heteroatoms. The van der Waals surface area contributed by atoms with Crippen LogP contribution in [0.2, 0.25) is 0 Å². The number of carbonyl (C=O) groups is 2. The Bertz CT molecular complexity index is 1280. The second-order valence-electron chi connectivity index (χ2n) is 10.6. The van der Waals surface area contributed by atoms with Crippen molar-refractivity contribution in [2.24, 2.45) is 0 Å². The van der Waals surface area contributed by atoms with Gasteiger partial charge in [-0.15, -0.1) is 0 Å². The van der Waals surface area contributed by atoms with E-state index >= 15 is 0 Å². The van der Waals surface area contributed by atoms with Gasteiger partial charge >= 0.3 is 0 Å². The third-order valence-corrected chi connectivity index (χ3v) is 8.26. The van der Waals surface area contributed by atoms with E-state index in [9.17, 15) is 9.59 Å². The van der Waals surface area contributed by atoms with Gasteiger partial charge in [0.1, 0.15) is 5.69 Å². The molecule has 0 radical (unpaired) electrons. The second-order valence-corrected chi connectivity index (χ2v) is 10.6. The lowest BCUT2D eigenvalue weighted by atomic mass is 9.68. The van der Waals surface area contributed by atoms with Crippen molar-refractivity contribution in [3.63, 3.8) is 0 Å². The summed E-state index contributed by atoms with van der Waals surface area (Å²) in [7, 11) is 0. The summed E-state index contributed by atoms with van der Waals surface area (Å²) in [6.07, 6.45) is 1.46. The Hall–Kier alpha value is -3.03. The fourth-order valence-corrected chi connectivity index (χ4v) is 6.14. The number of ketones is 1. The summed E-state index contributed by atoms with van der Waals surface area (Å²) >= 11 is 0. The number of allylic oxidation sites excluding steroid dienone is 2. The number of rotatable bonds is 3. The molecule has 3 heterocycles. The number of hydrogen-bond acceptors (Lipinski definition) is 6. The third-order valence-electron chi connectivity index (χ3n) is 8.26. The molecule has 2 aliphatic heterocycles. The SMILES string of the molecule is CCc1cc2c(cc1N1CCOCC1)C(C)(C)C1=C(C2=O)c2ccc(C(=O)N3CCOCC3)nc2C1. The number of fused-ring (bicyclic) bond motifs is 3. The number of morpholine rings is 2. The largest absolute Gasteiger partial charge is 0.378 e. The lowest BCUT2D eigenvalue weighted by Gasteiger charge is -2.37. The van der Waals surface area contributed by atoms with Crippen LogP contribution in [0, 0.1) is 0 Å². The maximum absolute atomic E-state index is 14.0. The Labute approximate surface area is 212 Å². The van der Waals surface area contributed by atoms with E-state index in [4.69, 9.17) is 14.5 Å². The predicted molar refractivity (Wildman–Crippen MR) is 138 cm³/mol. The molecule has 0 N–H and O–H groups in total. The van der Waals surface area contributed by atoms with Crippen LogP contribution in [0.4, 0.5) is 5.69 Å². The van der Waals surface area contributed by atoms with Crippen LogP contribution in [0.3, 0.4) is 0 Å². The van der Waals surface area contributed by atoms with Gasteiger partial charge in [0, 0.05) is 60.4 Å². The van der Waals surface area contributed by atoms with Crippen molar-refractivity contribution in [1.82, 2.24) is 9.88 Å². The molecule has 1 aromatic heterocycles. The molecule has 2 saturated heterocycles. The molecule has 36 heavy (non-hydrogen) atoms. The minimum Gasteiger partial charge on any atom is -0.378 e. The van der Waals surface area contributed by atoms with Gasteiger partial charge in [0.25, 0.3) is 5.91 Å². The summed E-state index contributed by atoms with van der Waals surface area (Å²) in [5.41, 5.74) is 8.03. The lowest BCUT2D eigenvalue weighted by molar-refractivity contribution is 0.0299. The number of anilines is 1. The highest BCUT2D eigenvalue weighted by Crippen LogP contribution is 2.50. The minimum absolute atomic E-state index is 0.0671. The van der Waals surface area contributed by atoms with Crippen molar-refractivity contribution in [2.75, 3.05) is 57.5 Å². The number of Topliss-reactive ketones (excluding diaryl/α,β-unsaturated/α-hetero) is 1. The van der Waals surface area contributed by atoms with Gasteiger partial charge in [-0.3, -0.25) is 9.59 Å². The second kappa shape index (κ2) is 8.82. The van der Waals surface area contributed by atoms with Crippen LogP contribution in [0.15, 0.2) is 29.8 Å². The van der Waals surface area contributed by atoms with Gasteiger partial charge in [0.05, 0.1) is 32.1 Å². The van der Waals surface area contributed by atoms with Gasteiger partial charge < -0.3 is 19.3 Å².